The summed E-state index contributed by atoms with van der Waals surface area (Å²) in [6, 6.07) is 21.5. The molecule has 0 radical (unpaired) electrons. The third kappa shape index (κ3) is 5.38. The molecular formula is C25H26N8O2. The summed E-state index contributed by atoms with van der Waals surface area (Å²) < 4.78 is 0. The van der Waals surface area contributed by atoms with Crippen LogP contribution in [0.5, 0.6) is 0 Å². The summed E-state index contributed by atoms with van der Waals surface area (Å²) >= 11 is 0. The Morgan fingerprint density at radius 1 is 0.886 bits per heavy atom. The second kappa shape index (κ2) is 9.96. The van der Waals surface area contributed by atoms with Crippen molar-refractivity contribution in [2.45, 2.75) is 6.54 Å². The van der Waals surface area contributed by atoms with Crippen LogP contribution in [0.3, 0.4) is 0 Å². The minimum atomic E-state index is -0.444. The lowest BCUT2D eigenvalue weighted by atomic mass is 10.1. The standard InChI is InChI=1S/C25H26N8O2/c1-32(2)18-11-13-19(14-12-18)33-30-22(23(27)31-33)25(35)28-15-16-7-9-17(10-8-16)24(34)29-21-6-4-3-5-20(21)26/h3-14H,15,26H2,1-2H3,(H2,27,31)(H,28,35)(H,29,34). The van der Waals surface area contributed by atoms with Crippen molar-refractivity contribution in [2.75, 3.05) is 35.8 Å². The van der Waals surface area contributed by atoms with Crippen molar-refractivity contribution in [1.29, 1.82) is 0 Å². The third-order valence-corrected chi connectivity index (χ3v) is 5.33. The molecule has 1 aromatic heterocycles. The van der Waals surface area contributed by atoms with Gasteiger partial charge < -0.3 is 27.0 Å². The second-order valence-corrected chi connectivity index (χ2v) is 8.06. The number of nitrogens with zero attached hydrogens (tertiary/aromatic N) is 4. The molecule has 0 saturated carbocycles. The average Bonchev–Trinajstić information content (AvgIpc) is 3.26. The predicted octanol–water partition coefficient (Wildman–Crippen LogP) is 2.68. The first-order valence-corrected chi connectivity index (χ1v) is 10.9. The Balaban J connectivity index is 1.37. The van der Waals surface area contributed by atoms with Crippen molar-refractivity contribution in [2.24, 2.45) is 0 Å². The number of anilines is 4. The van der Waals surface area contributed by atoms with Gasteiger partial charge in [0.05, 0.1) is 17.1 Å². The zero-order valence-corrected chi connectivity index (χ0v) is 19.4. The molecule has 0 fully saturated rings. The van der Waals surface area contributed by atoms with Crippen LogP contribution in [0.15, 0.2) is 72.8 Å². The lowest BCUT2D eigenvalue weighted by Crippen LogP contribution is -2.24. The third-order valence-electron chi connectivity index (χ3n) is 5.33. The number of hydrogen-bond donors (Lipinski definition) is 4. The number of para-hydroxylation sites is 2. The van der Waals surface area contributed by atoms with Crippen LogP contribution < -0.4 is 27.0 Å². The van der Waals surface area contributed by atoms with E-state index >= 15 is 0 Å². The first-order chi connectivity index (χ1) is 16.8. The van der Waals surface area contributed by atoms with Crippen LogP contribution in [-0.4, -0.2) is 40.9 Å². The van der Waals surface area contributed by atoms with E-state index in [1.54, 1.807) is 48.5 Å². The van der Waals surface area contributed by atoms with Gasteiger partial charge in [-0.25, -0.2) is 0 Å². The normalized spacial score (nSPS) is 10.6. The van der Waals surface area contributed by atoms with Gasteiger partial charge in [-0.2, -0.15) is 0 Å². The van der Waals surface area contributed by atoms with E-state index in [9.17, 15) is 9.59 Å². The number of benzene rings is 3. The molecule has 4 aromatic rings. The fourth-order valence-electron chi connectivity index (χ4n) is 3.32. The van der Waals surface area contributed by atoms with E-state index in [4.69, 9.17) is 11.5 Å². The molecule has 0 spiro atoms. The van der Waals surface area contributed by atoms with Gasteiger partial charge in [0, 0.05) is 31.9 Å². The van der Waals surface area contributed by atoms with Crippen LogP contribution in [0, 0.1) is 0 Å². The Hall–Kier alpha value is -4.86. The van der Waals surface area contributed by atoms with Crippen molar-refractivity contribution in [3.05, 3.63) is 89.6 Å². The summed E-state index contributed by atoms with van der Waals surface area (Å²) in [5.41, 5.74) is 15.9. The quantitative estimate of drug-likeness (QED) is 0.304. The van der Waals surface area contributed by atoms with Gasteiger partial charge in [-0.3, -0.25) is 9.59 Å². The highest BCUT2D eigenvalue weighted by Gasteiger charge is 2.17. The minimum absolute atomic E-state index is 0.0337. The number of nitrogens with one attached hydrogen (secondary N) is 2. The van der Waals surface area contributed by atoms with Gasteiger partial charge in [0.15, 0.2) is 11.5 Å². The number of carbonyl (C=O) groups is 2. The second-order valence-electron chi connectivity index (χ2n) is 8.06. The van der Waals surface area contributed by atoms with Crippen molar-refractivity contribution in [3.63, 3.8) is 0 Å². The first kappa shape index (κ1) is 23.3. The minimum Gasteiger partial charge on any atom is -0.397 e. The first-order valence-electron chi connectivity index (χ1n) is 10.9. The number of nitrogen functional groups attached to an aromatic ring is 2. The van der Waals surface area contributed by atoms with Gasteiger partial charge in [-0.05, 0) is 54.1 Å². The Morgan fingerprint density at radius 3 is 2.23 bits per heavy atom. The molecule has 10 heteroatoms. The number of amides is 2. The summed E-state index contributed by atoms with van der Waals surface area (Å²) in [6.07, 6.45) is 0. The molecule has 35 heavy (non-hydrogen) atoms. The average molecular weight is 471 g/mol. The maximum Gasteiger partial charge on any atom is 0.275 e. The van der Waals surface area contributed by atoms with E-state index in [2.05, 4.69) is 20.8 Å². The van der Waals surface area contributed by atoms with Gasteiger partial charge in [0.2, 0.25) is 0 Å². The Labute approximate surface area is 202 Å². The van der Waals surface area contributed by atoms with Gasteiger partial charge in [0.1, 0.15) is 0 Å². The summed E-state index contributed by atoms with van der Waals surface area (Å²) in [7, 11) is 3.90. The van der Waals surface area contributed by atoms with E-state index in [-0.39, 0.29) is 24.0 Å². The van der Waals surface area contributed by atoms with E-state index in [1.165, 1.54) is 4.80 Å². The molecule has 1 heterocycles. The number of nitrogens with two attached hydrogens (primary N) is 2. The molecule has 10 nitrogen and oxygen atoms in total. The van der Waals surface area contributed by atoms with E-state index in [0.29, 0.717) is 22.6 Å². The van der Waals surface area contributed by atoms with Gasteiger partial charge in [-0.1, -0.05) is 24.3 Å². The Bertz CT molecular complexity index is 1340. The van der Waals surface area contributed by atoms with Crippen LogP contribution in [0.4, 0.5) is 22.9 Å². The number of carbonyl (C=O) groups excluding carboxylic acids is 2. The molecule has 0 saturated heterocycles. The zero-order valence-electron chi connectivity index (χ0n) is 19.4. The van der Waals surface area contributed by atoms with Crippen LogP contribution >= 0.6 is 0 Å². The smallest absolute Gasteiger partial charge is 0.275 e. The predicted molar refractivity (Wildman–Crippen MR) is 137 cm³/mol. The number of aromatic nitrogens is 3. The van der Waals surface area contributed by atoms with Gasteiger partial charge in [-0.15, -0.1) is 15.0 Å². The topological polar surface area (TPSA) is 144 Å². The molecule has 3 aromatic carbocycles. The van der Waals surface area contributed by atoms with Crippen molar-refractivity contribution >= 4 is 34.7 Å². The molecule has 178 valence electrons. The lowest BCUT2D eigenvalue weighted by molar-refractivity contribution is 0.0945. The van der Waals surface area contributed by atoms with Gasteiger partial charge in [0.25, 0.3) is 11.8 Å². The Morgan fingerprint density at radius 2 is 1.57 bits per heavy atom. The molecule has 2 amide bonds. The highest BCUT2D eigenvalue weighted by Crippen LogP contribution is 2.18. The molecule has 0 aliphatic heterocycles. The molecular weight excluding hydrogens is 444 g/mol. The largest absolute Gasteiger partial charge is 0.397 e. The van der Waals surface area contributed by atoms with Crippen LogP contribution in [-0.2, 0) is 6.54 Å². The molecule has 0 unspecified atom stereocenters. The Kier molecular flexibility index (Phi) is 6.63. The summed E-state index contributed by atoms with van der Waals surface area (Å²) in [4.78, 5) is 28.4. The van der Waals surface area contributed by atoms with E-state index < -0.39 is 5.91 Å². The van der Waals surface area contributed by atoms with E-state index in [0.717, 1.165) is 11.3 Å². The highest BCUT2D eigenvalue weighted by atomic mass is 16.2. The maximum absolute atomic E-state index is 12.6. The van der Waals surface area contributed by atoms with Crippen LogP contribution in [0.1, 0.15) is 26.4 Å². The molecule has 0 bridgehead atoms. The fraction of sp³-hybridized carbons (Fsp3) is 0.120. The van der Waals surface area contributed by atoms with Crippen LogP contribution in [0.2, 0.25) is 0 Å². The molecule has 4 rings (SSSR count). The highest BCUT2D eigenvalue weighted by molar-refractivity contribution is 6.05. The summed E-state index contributed by atoms with van der Waals surface area (Å²) in [5.74, 6) is -0.687. The monoisotopic (exact) mass is 470 g/mol. The lowest BCUT2D eigenvalue weighted by Gasteiger charge is -2.12. The number of rotatable bonds is 7. The van der Waals surface area contributed by atoms with Crippen LogP contribution in [0.25, 0.3) is 5.69 Å². The number of hydrogen-bond acceptors (Lipinski definition) is 7. The molecule has 0 atom stereocenters. The van der Waals surface area contributed by atoms with E-state index in [1.807, 2.05) is 43.3 Å². The molecule has 6 N–H and O–H groups in total. The van der Waals surface area contributed by atoms with Gasteiger partial charge >= 0.3 is 0 Å². The summed E-state index contributed by atoms with van der Waals surface area (Å²) in [6.45, 7) is 0.232. The van der Waals surface area contributed by atoms with Crippen molar-refractivity contribution in [3.8, 4) is 5.69 Å². The SMILES string of the molecule is CN(C)c1ccc(-n2nc(N)c(C(=O)NCc3ccc(C(=O)Nc4ccccc4N)cc3)n2)cc1. The maximum atomic E-state index is 12.6. The molecule has 0 aliphatic rings. The fourth-order valence-corrected chi connectivity index (χ4v) is 3.32. The summed E-state index contributed by atoms with van der Waals surface area (Å²) in [5, 5.41) is 14.0. The van der Waals surface area contributed by atoms with Crippen molar-refractivity contribution in [1.82, 2.24) is 20.3 Å². The molecule has 0 aliphatic carbocycles. The van der Waals surface area contributed by atoms with Crippen molar-refractivity contribution < 1.29 is 9.59 Å². The zero-order chi connectivity index (χ0) is 24.9.